The fourth-order valence-corrected chi connectivity index (χ4v) is 5.42. The molecular weight excluding hydrogens is 458 g/mol. The Hall–Kier alpha value is -3.52. The van der Waals surface area contributed by atoms with Crippen LogP contribution in [0.15, 0.2) is 53.1 Å². The molecule has 2 aromatic carbocycles. The van der Waals surface area contributed by atoms with Crippen molar-refractivity contribution in [3.8, 4) is 22.8 Å². The van der Waals surface area contributed by atoms with Crippen molar-refractivity contribution >= 4 is 11.9 Å². The average Bonchev–Trinajstić information content (AvgIpc) is 3.40. The molecule has 0 spiro atoms. The Morgan fingerprint density at radius 3 is 2.11 bits per heavy atom. The van der Waals surface area contributed by atoms with E-state index in [1.165, 1.54) is 37.7 Å². The van der Waals surface area contributed by atoms with Gasteiger partial charge in [-0.15, -0.1) is 0 Å². The molecule has 1 saturated heterocycles. The lowest BCUT2D eigenvalue weighted by atomic mass is 9.78. The Morgan fingerprint density at radius 2 is 1.50 bits per heavy atom. The second kappa shape index (κ2) is 10.2. The molecule has 188 valence electrons. The van der Waals surface area contributed by atoms with Gasteiger partial charge in [0.1, 0.15) is 0 Å². The smallest absolute Gasteiger partial charge is 0.321 e. The minimum atomic E-state index is -1.67. The van der Waals surface area contributed by atoms with E-state index in [9.17, 15) is 19.8 Å². The molecule has 1 aliphatic carbocycles. The predicted octanol–water partition coefficient (Wildman–Crippen LogP) is 5.20. The van der Waals surface area contributed by atoms with Gasteiger partial charge in [0.05, 0.1) is 0 Å². The van der Waals surface area contributed by atoms with Crippen LogP contribution in [0.2, 0.25) is 0 Å². The maximum absolute atomic E-state index is 11.5. The van der Waals surface area contributed by atoms with Gasteiger partial charge in [-0.2, -0.15) is 4.98 Å². The molecule has 8 heteroatoms. The fraction of sp³-hybridized carbons (Fsp3) is 0.429. The summed E-state index contributed by atoms with van der Waals surface area (Å²) >= 11 is 0. The topological polar surface area (TPSA) is 117 Å². The van der Waals surface area contributed by atoms with Gasteiger partial charge in [-0.05, 0) is 54.9 Å². The van der Waals surface area contributed by atoms with E-state index in [4.69, 9.17) is 4.52 Å². The molecule has 8 nitrogen and oxygen atoms in total. The number of nitrogens with zero attached hydrogens (tertiary/aromatic N) is 3. The van der Waals surface area contributed by atoms with Gasteiger partial charge >= 0.3 is 11.9 Å². The number of hydrogen-bond acceptors (Lipinski definition) is 6. The number of carboxylic acid groups (broad SMARTS) is 2. The van der Waals surface area contributed by atoms with Crippen molar-refractivity contribution in [1.29, 1.82) is 0 Å². The van der Waals surface area contributed by atoms with Gasteiger partial charge in [0, 0.05) is 30.8 Å². The summed E-state index contributed by atoms with van der Waals surface area (Å²) in [6, 6.07) is 16.3. The third-order valence-corrected chi connectivity index (χ3v) is 7.81. The Bertz CT molecular complexity index is 1190. The van der Waals surface area contributed by atoms with Gasteiger partial charge in [0.15, 0.2) is 5.41 Å². The van der Waals surface area contributed by atoms with Crippen molar-refractivity contribution in [1.82, 2.24) is 15.0 Å². The van der Waals surface area contributed by atoms with Gasteiger partial charge in [0.25, 0.3) is 5.89 Å². The minimum Gasteiger partial charge on any atom is -0.480 e. The number of aromatic nitrogens is 2. The first kappa shape index (κ1) is 24.2. The second-order valence-electron chi connectivity index (χ2n) is 10.0. The van der Waals surface area contributed by atoms with Crippen molar-refractivity contribution in [3.05, 3.63) is 59.7 Å². The van der Waals surface area contributed by atoms with Crippen molar-refractivity contribution < 1.29 is 24.3 Å². The van der Waals surface area contributed by atoms with Crippen LogP contribution in [0.4, 0.5) is 0 Å². The predicted molar refractivity (Wildman–Crippen MR) is 133 cm³/mol. The van der Waals surface area contributed by atoms with E-state index < -0.39 is 17.4 Å². The van der Waals surface area contributed by atoms with Crippen molar-refractivity contribution in [2.75, 3.05) is 13.1 Å². The monoisotopic (exact) mass is 489 g/mol. The first-order chi connectivity index (χ1) is 17.4. The molecule has 2 aliphatic rings. The lowest BCUT2D eigenvalue weighted by Gasteiger charge is -2.36. The molecule has 3 aromatic rings. The molecule has 0 unspecified atom stereocenters. The normalized spacial score (nSPS) is 18.7. The lowest BCUT2D eigenvalue weighted by molar-refractivity contribution is -0.168. The van der Waals surface area contributed by atoms with E-state index in [1.54, 1.807) is 0 Å². The summed E-state index contributed by atoms with van der Waals surface area (Å²) in [6.45, 7) is 1.47. The number of rotatable bonds is 7. The molecular formula is C28H31N3O5. The molecule has 0 bridgehead atoms. The minimum absolute atomic E-state index is 0.100. The van der Waals surface area contributed by atoms with Crippen molar-refractivity contribution in [2.24, 2.45) is 5.41 Å². The summed E-state index contributed by atoms with van der Waals surface area (Å²) in [5, 5.41) is 23.0. The van der Waals surface area contributed by atoms with E-state index in [0.717, 1.165) is 16.7 Å². The van der Waals surface area contributed by atoms with E-state index >= 15 is 0 Å². The fourth-order valence-electron chi connectivity index (χ4n) is 5.42. The molecule has 0 radical (unpaired) electrons. The van der Waals surface area contributed by atoms with Crippen LogP contribution >= 0.6 is 0 Å². The molecule has 0 atom stereocenters. The Balaban J connectivity index is 1.20. The summed E-state index contributed by atoms with van der Waals surface area (Å²) in [5.41, 5.74) is 2.53. The molecule has 1 aromatic heterocycles. The lowest BCUT2D eigenvalue weighted by Crippen LogP contribution is -2.48. The Kier molecular flexibility index (Phi) is 6.87. The molecule has 0 amide bonds. The van der Waals surface area contributed by atoms with E-state index in [0.29, 0.717) is 37.3 Å². The summed E-state index contributed by atoms with van der Waals surface area (Å²) in [7, 11) is 0. The summed E-state index contributed by atoms with van der Waals surface area (Å²) in [4.78, 5) is 29.7. The largest absolute Gasteiger partial charge is 0.480 e. The summed E-state index contributed by atoms with van der Waals surface area (Å²) < 4.78 is 5.54. The van der Waals surface area contributed by atoms with E-state index in [2.05, 4.69) is 39.3 Å². The third-order valence-electron chi connectivity index (χ3n) is 7.81. The van der Waals surface area contributed by atoms with Crippen LogP contribution in [-0.4, -0.2) is 50.3 Å². The summed E-state index contributed by atoms with van der Waals surface area (Å²) in [6.07, 6.45) is 6.70. The Labute approximate surface area is 209 Å². The standard InChI is InChI=1S/C28H31N3O5/c32-26(33)28(27(34)35)14-16-31(17-15-28)18-19-6-8-22(9-7-19)24-29-25(36-30-24)23-12-10-21(11-13-23)20-4-2-1-3-5-20/h6-13,20H,1-5,14-18H2,(H,32,33)(H,34,35). The third kappa shape index (κ3) is 4.91. The van der Waals surface area contributed by atoms with Gasteiger partial charge in [-0.25, -0.2) is 0 Å². The number of piperidine rings is 1. The zero-order chi connectivity index (χ0) is 25.1. The number of hydrogen-bond donors (Lipinski definition) is 2. The number of carbonyl (C=O) groups is 2. The van der Waals surface area contributed by atoms with Crippen LogP contribution < -0.4 is 0 Å². The van der Waals surface area contributed by atoms with Crippen LogP contribution in [0, 0.1) is 5.41 Å². The number of carboxylic acids is 2. The Morgan fingerprint density at radius 1 is 0.889 bits per heavy atom. The number of benzene rings is 2. The SMILES string of the molecule is O=C(O)C1(C(=O)O)CCN(Cc2ccc(-c3noc(-c4ccc(C5CCCCC5)cc4)n3)cc2)CC1. The van der Waals surface area contributed by atoms with Crippen molar-refractivity contribution in [2.45, 2.75) is 57.4 Å². The number of likely N-dealkylation sites (tertiary alicyclic amines) is 1. The summed E-state index contributed by atoms with van der Waals surface area (Å²) in [5.74, 6) is -0.819. The highest BCUT2D eigenvalue weighted by Crippen LogP contribution is 2.34. The van der Waals surface area contributed by atoms with Crippen LogP contribution in [0.1, 0.15) is 62.0 Å². The molecule has 2 fully saturated rings. The molecule has 5 rings (SSSR count). The van der Waals surface area contributed by atoms with Gasteiger partial charge in [-0.1, -0.05) is 60.8 Å². The maximum atomic E-state index is 11.5. The first-order valence-corrected chi connectivity index (χ1v) is 12.7. The van der Waals surface area contributed by atoms with Crippen molar-refractivity contribution in [3.63, 3.8) is 0 Å². The van der Waals surface area contributed by atoms with Gasteiger partial charge < -0.3 is 14.7 Å². The highest BCUT2D eigenvalue weighted by Gasteiger charge is 2.48. The first-order valence-electron chi connectivity index (χ1n) is 12.7. The van der Waals surface area contributed by atoms with Crippen LogP contribution in [0.25, 0.3) is 22.8 Å². The molecule has 36 heavy (non-hydrogen) atoms. The molecule has 2 heterocycles. The quantitative estimate of drug-likeness (QED) is 0.435. The zero-order valence-electron chi connectivity index (χ0n) is 20.2. The highest BCUT2D eigenvalue weighted by molar-refractivity contribution is 5.98. The number of aliphatic carboxylic acids is 2. The van der Waals surface area contributed by atoms with Crippen LogP contribution in [-0.2, 0) is 16.1 Å². The van der Waals surface area contributed by atoms with Gasteiger partial charge in [-0.3, -0.25) is 14.5 Å². The highest BCUT2D eigenvalue weighted by atomic mass is 16.5. The average molecular weight is 490 g/mol. The second-order valence-corrected chi connectivity index (χ2v) is 10.0. The van der Waals surface area contributed by atoms with E-state index in [-0.39, 0.29) is 12.8 Å². The molecule has 1 aliphatic heterocycles. The zero-order valence-corrected chi connectivity index (χ0v) is 20.2. The van der Waals surface area contributed by atoms with Crippen LogP contribution in [0.5, 0.6) is 0 Å². The maximum Gasteiger partial charge on any atom is 0.321 e. The molecule has 2 N–H and O–H groups in total. The van der Waals surface area contributed by atoms with Crippen LogP contribution in [0.3, 0.4) is 0 Å². The van der Waals surface area contributed by atoms with Gasteiger partial charge in [0.2, 0.25) is 5.82 Å². The van der Waals surface area contributed by atoms with E-state index in [1.807, 2.05) is 24.3 Å². The molecule has 1 saturated carbocycles.